The highest BCUT2D eigenvalue weighted by Crippen LogP contribution is 2.46. The van der Waals surface area contributed by atoms with Crippen molar-refractivity contribution >= 4 is 56.5 Å². The van der Waals surface area contributed by atoms with Crippen molar-refractivity contribution in [2.24, 2.45) is 0 Å². The summed E-state index contributed by atoms with van der Waals surface area (Å²) in [6, 6.07) is 15.9. The van der Waals surface area contributed by atoms with E-state index in [0.29, 0.717) is 63.0 Å². The topological polar surface area (TPSA) is 116 Å². The van der Waals surface area contributed by atoms with Crippen LogP contribution in [0.3, 0.4) is 0 Å². The summed E-state index contributed by atoms with van der Waals surface area (Å²) in [5.41, 5.74) is 2.51. The molecule has 4 heterocycles. The maximum atomic E-state index is 14.3. The molecule has 1 atom stereocenters. The summed E-state index contributed by atoms with van der Waals surface area (Å²) in [5, 5.41) is 9.36. The number of aromatic nitrogens is 1. The van der Waals surface area contributed by atoms with Gasteiger partial charge in [-0.1, -0.05) is 18.2 Å². The molecule has 2 aromatic carbocycles. The number of urea groups is 1. The van der Waals surface area contributed by atoms with Crippen LogP contribution in [0.1, 0.15) is 28.1 Å². The first-order valence-electron chi connectivity index (χ1n) is 14.3. The molecule has 6 rings (SSSR count). The van der Waals surface area contributed by atoms with Crippen molar-refractivity contribution in [2.75, 3.05) is 36.9 Å². The average Bonchev–Trinajstić information content (AvgIpc) is 3.40. The fourth-order valence-corrected chi connectivity index (χ4v) is 6.53. The standard InChI is InChI=1S/C32H31FN6O4S/c1-19-17-22(43-21-8-4-3-5-9-21)10-11-24(19)39-25-13-15-35-30-26(25)27(37-32(39)42)28(44-30)29(40)36-20-7-6-16-38(18-20)31(41)23(33)12-14-34-2/h3-5,8-13,15,17,20,34H,6-7,14,16,18H2,1-2H3,(H,36,40)(H,37,42)/b23-12-/t20-/m1/s1. The van der Waals surface area contributed by atoms with Crippen molar-refractivity contribution in [3.63, 3.8) is 0 Å². The average molecular weight is 615 g/mol. The first-order valence-corrected chi connectivity index (χ1v) is 15.1. The van der Waals surface area contributed by atoms with Crippen LogP contribution in [0.4, 0.5) is 26.2 Å². The number of piperidine rings is 1. The van der Waals surface area contributed by atoms with Crippen LogP contribution < -0.4 is 25.6 Å². The Kier molecular flexibility index (Phi) is 8.27. The van der Waals surface area contributed by atoms with Gasteiger partial charge >= 0.3 is 6.03 Å². The van der Waals surface area contributed by atoms with E-state index in [1.165, 1.54) is 22.3 Å². The highest BCUT2D eigenvalue weighted by molar-refractivity contribution is 7.21. The SMILES string of the molecule is CNC/C=C(\F)C(=O)N1CCC[C@@H](NC(=O)c2sc3nccc4c3c2NC(=O)N4c2ccc(Oc3ccccc3)cc2C)C1. The molecule has 0 unspecified atom stereocenters. The van der Waals surface area contributed by atoms with E-state index in [-0.39, 0.29) is 25.0 Å². The molecular formula is C32H31FN6O4S. The lowest BCUT2D eigenvalue weighted by atomic mass is 10.0. The molecule has 2 aromatic heterocycles. The van der Waals surface area contributed by atoms with Crippen molar-refractivity contribution in [3.8, 4) is 11.5 Å². The van der Waals surface area contributed by atoms with E-state index < -0.39 is 17.8 Å². The number of anilines is 3. The van der Waals surface area contributed by atoms with Crippen LogP contribution >= 0.6 is 11.3 Å². The number of carbonyl (C=O) groups is 3. The summed E-state index contributed by atoms with van der Waals surface area (Å²) < 4.78 is 20.3. The van der Waals surface area contributed by atoms with E-state index in [1.54, 1.807) is 24.2 Å². The van der Waals surface area contributed by atoms with Crippen molar-refractivity contribution in [1.82, 2.24) is 20.5 Å². The van der Waals surface area contributed by atoms with E-state index in [4.69, 9.17) is 4.74 Å². The first kappa shape index (κ1) is 29.3. The third kappa shape index (κ3) is 5.73. The third-order valence-corrected chi connectivity index (χ3v) is 8.67. The second-order valence-electron chi connectivity index (χ2n) is 10.6. The van der Waals surface area contributed by atoms with Gasteiger partial charge in [0.05, 0.1) is 22.4 Å². The lowest BCUT2D eigenvalue weighted by Crippen LogP contribution is -2.49. The lowest BCUT2D eigenvalue weighted by Gasteiger charge is -2.33. The number of pyridine rings is 1. The van der Waals surface area contributed by atoms with Crippen LogP contribution in [0.25, 0.3) is 10.2 Å². The Labute approximate surface area is 257 Å². The van der Waals surface area contributed by atoms with Gasteiger partial charge in [-0.25, -0.2) is 14.2 Å². The van der Waals surface area contributed by atoms with Crippen molar-refractivity contribution in [1.29, 1.82) is 0 Å². The van der Waals surface area contributed by atoms with Crippen LogP contribution in [0.15, 0.2) is 72.7 Å². The highest BCUT2D eigenvalue weighted by atomic mass is 32.1. The Morgan fingerprint density at radius 2 is 1.98 bits per heavy atom. The van der Waals surface area contributed by atoms with Crippen molar-refractivity contribution < 1.29 is 23.5 Å². The van der Waals surface area contributed by atoms with Crippen LogP contribution in [0.5, 0.6) is 11.5 Å². The minimum absolute atomic E-state index is 0.193. The molecule has 2 aliphatic rings. The normalized spacial score (nSPS) is 16.6. The number of para-hydroxylation sites is 1. The predicted molar refractivity (Wildman–Crippen MR) is 169 cm³/mol. The summed E-state index contributed by atoms with van der Waals surface area (Å²) in [5.74, 6) is -0.538. The molecule has 0 bridgehead atoms. The molecule has 2 aliphatic heterocycles. The maximum absolute atomic E-state index is 14.3. The number of benzene rings is 2. The van der Waals surface area contributed by atoms with Crippen molar-refractivity contribution in [2.45, 2.75) is 25.8 Å². The Morgan fingerprint density at radius 1 is 1.16 bits per heavy atom. The molecule has 4 aromatic rings. The molecule has 1 fully saturated rings. The number of hydrogen-bond acceptors (Lipinski definition) is 7. The Bertz CT molecular complexity index is 1780. The minimum atomic E-state index is -0.820. The number of rotatable bonds is 8. The third-order valence-electron chi connectivity index (χ3n) is 7.57. The van der Waals surface area contributed by atoms with Gasteiger partial charge in [0.15, 0.2) is 5.83 Å². The number of aryl methyl sites for hydroxylation is 1. The number of likely N-dealkylation sites (N-methyl/N-ethyl adjacent to an activating group) is 1. The fourth-order valence-electron chi connectivity index (χ4n) is 5.51. The van der Waals surface area contributed by atoms with E-state index in [2.05, 4.69) is 20.9 Å². The van der Waals surface area contributed by atoms with E-state index in [9.17, 15) is 18.8 Å². The van der Waals surface area contributed by atoms with Gasteiger partial charge in [0, 0.05) is 31.9 Å². The van der Waals surface area contributed by atoms with Gasteiger partial charge in [0.2, 0.25) is 0 Å². The molecule has 10 nitrogen and oxygen atoms in total. The number of carbonyl (C=O) groups excluding carboxylic acids is 3. The molecule has 0 spiro atoms. The van der Waals surface area contributed by atoms with Crippen LogP contribution in [-0.2, 0) is 4.79 Å². The molecule has 0 aliphatic carbocycles. The Morgan fingerprint density at radius 3 is 2.75 bits per heavy atom. The summed E-state index contributed by atoms with van der Waals surface area (Å²) >= 11 is 1.19. The van der Waals surface area contributed by atoms with Crippen LogP contribution in [0.2, 0.25) is 0 Å². The van der Waals surface area contributed by atoms with Gasteiger partial charge in [-0.05, 0) is 74.9 Å². The fraction of sp³-hybridized carbons (Fsp3) is 0.250. The monoisotopic (exact) mass is 614 g/mol. The predicted octanol–water partition coefficient (Wildman–Crippen LogP) is 5.87. The number of amides is 4. The quantitative estimate of drug-likeness (QED) is 0.214. The lowest BCUT2D eigenvalue weighted by molar-refractivity contribution is -0.130. The van der Waals surface area contributed by atoms with Crippen LogP contribution in [-0.4, -0.2) is 60.5 Å². The van der Waals surface area contributed by atoms with E-state index >= 15 is 0 Å². The van der Waals surface area contributed by atoms with E-state index in [1.807, 2.05) is 55.5 Å². The summed E-state index contributed by atoms with van der Waals surface area (Å²) in [7, 11) is 1.67. The van der Waals surface area contributed by atoms with Crippen molar-refractivity contribution in [3.05, 3.63) is 83.1 Å². The summed E-state index contributed by atoms with van der Waals surface area (Å²) in [6.07, 6.45) is 4.09. The van der Waals surface area contributed by atoms with Crippen LogP contribution in [0, 0.1) is 6.92 Å². The second kappa shape index (κ2) is 12.4. The molecule has 0 radical (unpaired) electrons. The molecule has 4 amide bonds. The molecule has 1 saturated heterocycles. The molecular weight excluding hydrogens is 583 g/mol. The largest absolute Gasteiger partial charge is 0.457 e. The number of ether oxygens (including phenoxy) is 1. The van der Waals surface area contributed by atoms with Gasteiger partial charge in [0.1, 0.15) is 21.2 Å². The number of nitrogens with one attached hydrogen (secondary N) is 3. The second-order valence-corrected chi connectivity index (χ2v) is 11.6. The molecule has 3 N–H and O–H groups in total. The number of nitrogens with zero attached hydrogens (tertiary/aromatic N) is 3. The summed E-state index contributed by atoms with van der Waals surface area (Å²) in [4.78, 5) is 48.1. The number of thiophene rings is 1. The number of likely N-dealkylation sites (tertiary alicyclic amines) is 1. The Hall–Kier alpha value is -4.81. The number of halogens is 1. The van der Waals surface area contributed by atoms with Gasteiger partial charge in [-0.2, -0.15) is 0 Å². The zero-order chi connectivity index (χ0) is 30.8. The first-order chi connectivity index (χ1) is 21.3. The van der Waals surface area contributed by atoms with Gasteiger partial charge in [0.25, 0.3) is 11.8 Å². The molecule has 0 saturated carbocycles. The molecule has 226 valence electrons. The number of hydrogen-bond donors (Lipinski definition) is 3. The van der Waals surface area contributed by atoms with Gasteiger partial charge < -0.3 is 25.6 Å². The van der Waals surface area contributed by atoms with E-state index in [0.717, 1.165) is 5.56 Å². The zero-order valence-corrected chi connectivity index (χ0v) is 25.0. The molecule has 44 heavy (non-hydrogen) atoms. The Balaban J connectivity index is 1.24. The van der Waals surface area contributed by atoms with Gasteiger partial charge in [-0.3, -0.25) is 14.5 Å². The minimum Gasteiger partial charge on any atom is -0.457 e. The summed E-state index contributed by atoms with van der Waals surface area (Å²) in [6.45, 7) is 2.76. The smallest absolute Gasteiger partial charge is 0.331 e. The maximum Gasteiger partial charge on any atom is 0.331 e. The highest BCUT2D eigenvalue weighted by Gasteiger charge is 2.34. The van der Waals surface area contributed by atoms with Gasteiger partial charge in [-0.15, -0.1) is 11.3 Å². The zero-order valence-electron chi connectivity index (χ0n) is 24.2. The molecule has 12 heteroatoms.